The highest BCUT2D eigenvalue weighted by atomic mass is 35.5. The first-order valence-corrected chi connectivity index (χ1v) is 10.5. The number of rotatable bonds is 3. The Labute approximate surface area is 188 Å². The number of hydrogen-bond donors (Lipinski definition) is 0. The average Bonchev–Trinajstić information content (AvgIpc) is 3.18. The van der Waals surface area contributed by atoms with Crippen LogP contribution in [0.3, 0.4) is 0 Å². The summed E-state index contributed by atoms with van der Waals surface area (Å²) >= 11 is 6.18. The number of nitrogens with zero attached hydrogens (tertiary/aromatic N) is 4. The maximum atomic E-state index is 13.3. The first kappa shape index (κ1) is 22.6. The highest BCUT2D eigenvalue weighted by Crippen LogP contribution is 2.26. The molecule has 2 aromatic carbocycles. The van der Waals surface area contributed by atoms with Crippen molar-refractivity contribution in [3.63, 3.8) is 0 Å². The summed E-state index contributed by atoms with van der Waals surface area (Å²) in [5, 5.41) is 5.29. The summed E-state index contributed by atoms with van der Waals surface area (Å²) in [6, 6.07) is 15.9. The zero-order valence-electron chi connectivity index (χ0n) is 18.1. The zero-order chi connectivity index (χ0) is 22.5. The zero-order valence-corrected chi connectivity index (χ0v) is 18.9. The molecule has 0 atom stereocenters. The SMILES string of the molecule is C=O.Cc1ccc(-n2nc(C)cc2C(=O)N2CCN(c3cc(Cl)ccc3C)CC2)cc1. The molecule has 1 aliphatic heterocycles. The van der Waals surface area contributed by atoms with E-state index in [1.807, 2.05) is 74.1 Å². The molecule has 0 saturated carbocycles. The molecule has 0 bridgehead atoms. The van der Waals surface area contributed by atoms with Crippen LogP contribution in [0.5, 0.6) is 0 Å². The summed E-state index contributed by atoms with van der Waals surface area (Å²) in [5.74, 6) is 0.0219. The number of carbonyl (C=O) groups excluding carboxylic acids is 2. The molecule has 4 rings (SSSR count). The van der Waals surface area contributed by atoms with Gasteiger partial charge in [-0.25, -0.2) is 4.68 Å². The van der Waals surface area contributed by atoms with Crippen LogP contribution in [-0.4, -0.2) is 53.6 Å². The highest BCUT2D eigenvalue weighted by molar-refractivity contribution is 6.30. The number of piperazine rings is 1. The van der Waals surface area contributed by atoms with Gasteiger partial charge in [0.2, 0.25) is 0 Å². The van der Waals surface area contributed by atoms with Gasteiger partial charge >= 0.3 is 0 Å². The summed E-state index contributed by atoms with van der Waals surface area (Å²) in [6.45, 7) is 11.0. The van der Waals surface area contributed by atoms with Crippen LogP contribution >= 0.6 is 11.6 Å². The second kappa shape index (κ2) is 9.79. The van der Waals surface area contributed by atoms with Crippen molar-refractivity contribution in [2.75, 3.05) is 31.1 Å². The average molecular weight is 439 g/mol. The van der Waals surface area contributed by atoms with Crippen LogP contribution in [0.25, 0.3) is 5.69 Å². The van der Waals surface area contributed by atoms with Gasteiger partial charge in [0, 0.05) is 36.9 Å². The monoisotopic (exact) mass is 438 g/mol. The van der Waals surface area contributed by atoms with Gasteiger partial charge in [-0.2, -0.15) is 5.10 Å². The van der Waals surface area contributed by atoms with E-state index in [9.17, 15) is 4.79 Å². The molecule has 31 heavy (non-hydrogen) atoms. The normalized spacial score (nSPS) is 13.5. The van der Waals surface area contributed by atoms with E-state index in [2.05, 4.69) is 16.9 Å². The van der Waals surface area contributed by atoms with Gasteiger partial charge < -0.3 is 14.6 Å². The van der Waals surface area contributed by atoms with Crippen LogP contribution in [-0.2, 0) is 4.79 Å². The van der Waals surface area contributed by atoms with E-state index in [-0.39, 0.29) is 5.91 Å². The lowest BCUT2D eigenvalue weighted by atomic mass is 10.1. The van der Waals surface area contributed by atoms with Crippen LogP contribution in [0.4, 0.5) is 5.69 Å². The minimum absolute atomic E-state index is 0.0219. The first-order chi connectivity index (χ1) is 14.9. The van der Waals surface area contributed by atoms with Crippen molar-refractivity contribution in [3.8, 4) is 5.69 Å². The third-order valence-corrected chi connectivity index (χ3v) is 5.64. The molecule has 7 heteroatoms. The van der Waals surface area contributed by atoms with Gasteiger partial charge in [0.15, 0.2) is 0 Å². The molecule has 1 amide bonds. The number of hydrogen-bond acceptors (Lipinski definition) is 4. The van der Waals surface area contributed by atoms with E-state index >= 15 is 0 Å². The van der Waals surface area contributed by atoms with Crippen molar-refractivity contribution >= 4 is 30.0 Å². The number of aromatic nitrogens is 2. The largest absolute Gasteiger partial charge is 0.368 e. The lowest BCUT2D eigenvalue weighted by molar-refractivity contribution is -0.0980. The van der Waals surface area contributed by atoms with Crippen LogP contribution in [0.15, 0.2) is 48.5 Å². The Morgan fingerprint density at radius 3 is 2.23 bits per heavy atom. The number of aryl methyl sites for hydroxylation is 3. The highest BCUT2D eigenvalue weighted by Gasteiger charge is 2.26. The maximum Gasteiger partial charge on any atom is 0.272 e. The van der Waals surface area contributed by atoms with Gasteiger partial charge in [0.1, 0.15) is 12.5 Å². The first-order valence-electron chi connectivity index (χ1n) is 10.2. The van der Waals surface area contributed by atoms with Crippen LogP contribution in [0.1, 0.15) is 27.3 Å². The van der Waals surface area contributed by atoms with Crippen molar-refractivity contribution in [3.05, 3.63) is 76.1 Å². The number of benzene rings is 2. The molecule has 0 spiro atoms. The topological polar surface area (TPSA) is 58.4 Å². The molecule has 0 N–H and O–H groups in total. The smallest absolute Gasteiger partial charge is 0.272 e. The predicted octanol–water partition coefficient (Wildman–Crippen LogP) is 4.23. The van der Waals surface area contributed by atoms with Gasteiger partial charge in [-0.05, 0) is 56.7 Å². The van der Waals surface area contributed by atoms with Crippen molar-refractivity contribution < 1.29 is 9.59 Å². The fourth-order valence-electron chi connectivity index (χ4n) is 3.77. The minimum atomic E-state index is 0.0219. The third kappa shape index (κ3) is 4.97. The predicted molar refractivity (Wildman–Crippen MR) is 124 cm³/mol. The Bertz CT molecular complexity index is 1050. The van der Waals surface area contributed by atoms with Crippen molar-refractivity contribution in [2.45, 2.75) is 20.8 Å². The van der Waals surface area contributed by atoms with Gasteiger partial charge in [-0.1, -0.05) is 35.4 Å². The molecular formula is C24H27ClN4O2. The number of anilines is 1. The summed E-state index contributed by atoms with van der Waals surface area (Å²) in [5.41, 5.74) is 5.87. The molecule has 1 aromatic heterocycles. The fraction of sp³-hybridized carbons (Fsp3) is 0.292. The van der Waals surface area contributed by atoms with E-state index in [0.29, 0.717) is 18.8 Å². The van der Waals surface area contributed by atoms with E-state index in [4.69, 9.17) is 16.4 Å². The summed E-state index contributed by atoms with van der Waals surface area (Å²) in [7, 11) is 0. The molecule has 0 aliphatic carbocycles. The summed E-state index contributed by atoms with van der Waals surface area (Å²) in [4.78, 5) is 25.5. The van der Waals surface area contributed by atoms with Crippen molar-refractivity contribution in [2.24, 2.45) is 0 Å². The molecule has 0 radical (unpaired) electrons. The van der Waals surface area contributed by atoms with E-state index in [1.54, 1.807) is 4.68 Å². The van der Waals surface area contributed by atoms with Gasteiger partial charge in [-0.15, -0.1) is 0 Å². The molecule has 0 unspecified atom stereocenters. The number of amides is 1. The molecule has 1 fully saturated rings. The van der Waals surface area contributed by atoms with E-state index in [0.717, 1.165) is 35.2 Å². The Morgan fingerprint density at radius 2 is 1.58 bits per heavy atom. The van der Waals surface area contributed by atoms with Crippen molar-refractivity contribution in [1.82, 2.24) is 14.7 Å². The maximum absolute atomic E-state index is 13.3. The van der Waals surface area contributed by atoms with Crippen molar-refractivity contribution in [1.29, 1.82) is 0 Å². The lowest BCUT2D eigenvalue weighted by Gasteiger charge is -2.36. The molecule has 3 aromatic rings. The Kier molecular flexibility index (Phi) is 7.13. The number of carbonyl (C=O) groups is 2. The standard InChI is InChI=1S/C23H25ClN4O.CH2O/c1-16-4-8-20(9-5-16)28-22(14-18(3)25-28)23(29)27-12-10-26(11-13-27)21-15-19(24)7-6-17(21)2;1-2/h4-9,14-15H,10-13H2,1-3H3;1H2. The third-order valence-electron chi connectivity index (χ3n) is 5.41. The lowest BCUT2D eigenvalue weighted by Crippen LogP contribution is -2.49. The summed E-state index contributed by atoms with van der Waals surface area (Å²) < 4.78 is 1.75. The Hall–Kier alpha value is -3.12. The van der Waals surface area contributed by atoms with Crippen LogP contribution in [0, 0.1) is 20.8 Å². The second-order valence-corrected chi connectivity index (χ2v) is 8.06. The van der Waals surface area contributed by atoms with E-state index in [1.165, 1.54) is 11.1 Å². The molecule has 6 nitrogen and oxygen atoms in total. The molecule has 162 valence electrons. The minimum Gasteiger partial charge on any atom is -0.368 e. The Balaban J connectivity index is 0.00000132. The Morgan fingerprint density at radius 1 is 0.935 bits per heavy atom. The van der Waals surface area contributed by atoms with Gasteiger partial charge in [0.25, 0.3) is 5.91 Å². The molecular weight excluding hydrogens is 412 g/mol. The van der Waals surface area contributed by atoms with Gasteiger partial charge in [0.05, 0.1) is 11.4 Å². The summed E-state index contributed by atoms with van der Waals surface area (Å²) in [6.07, 6.45) is 0. The molecule has 1 aliphatic rings. The molecule has 1 saturated heterocycles. The number of halogens is 1. The second-order valence-electron chi connectivity index (χ2n) is 7.63. The van der Waals surface area contributed by atoms with E-state index < -0.39 is 0 Å². The van der Waals surface area contributed by atoms with Gasteiger partial charge in [-0.3, -0.25) is 4.79 Å². The molecule has 2 heterocycles. The quantitative estimate of drug-likeness (QED) is 0.614. The fourth-order valence-corrected chi connectivity index (χ4v) is 3.94. The van der Waals surface area contributed by atoms with Crippen LogP contribution in [0.2, 0.25) is 5.02 Å². The van der Waals surface area contributed by atoms with Crippen LogP contribution < -0.4 is 4.90 Å².